The van der Waals surface area contributed by atoms with E-state index in [2.05, 4.69) is 15.9 Å². The normalized spacial score (nSPS) is 12.2. The number of halogens is 1. The standard InChI is InChI=1S/C17H19BrO3/c1-20-11-12-3-6-14(7-4-12)16(19)10-13-5-8-17(21-2)15(18)9-13/h3-9,16,19H,10-11H2,1-2H3. The first kappa shape index (κ1) is 16.0. The van der Waals surface area contributed by atoms with Crippen molar-refractivity contribution in [3.05, 3.63) is 63.6 Å². The molecule has 0 aliphatic heterocycles. The summed E-state index contributed by atoms with van der Waals surface area (Å²) in [5.41, 5.74) is 3.05. The Morgan fingerprint density at radius 1 is 1.05 bits per heavy atom. The third-order valence-corrected chi connectivity index (χ3v) is 3.94. The average molecular weight is 351 g/mol. The molecule has 4 heteroatoms. The van der Waals surface area contributed by atoms with Crippen LogP contribution in [0.25, 0.3) is 0 Å². The highest BCUT2D eigenvalue weighted by Gasteiger charge is 2.10. The minimum atomic E-state index is -0.526. The molecule has 21 heavy (non-hydrogen) atoms. The van der Waals surface area contributed by atoms with Gasteiger partial charge in [-0.05, 0) is 44.8 Å². The Kier molecular flexibility index (Phi) is 5.79. The van der Waals surface area contributed by atoms with E-state index >= 15 is 0 Å². The van der Waals surface area contributed by atoms with Crippen LogP contribution in [0.2, 0.25) is 0 Å². The minimum Gasteiger partial charge on any atom is -0.496 e. The van der Waals surface area contributed by atoms with Crippen LogP contribution >= 0.6 is 15.9 Å². The number of hydrogen-bond donors (Lipinski definition) is 1. The summed E-state index contributed by atoms with van der Waals surface area (Å²) in [7, 11) is 3.31. The predicted molar refractivity (Wildman–Crippen MR) is 86.5 cm³/mol. The first-order chi connectivity index (χ1) is 10.1. The van der Waals surface area contributed by atoms with E-state index in [-0.39, 0.29) is 0 Å². The van der Waals surface area contributed by atoms with E-state index < -0.39 is 6.10 Å². The fourth-order valence-electron chi connectivity index (χ4n) is 2.18. The maximum absolute atomic E-state index is 10.3. The van der Waals surface area contributed by atoms with Gasteiger partial charge < -0.3 is 14.6 Å². The zero-order valence-corrected chi connectivity index (χ0v) is 13.8. The zero-order chi connectivity index (χ0) is 15.2. The lowest BCUT2D eigenvalue weighted by atomic mass is 10.0. The number of aliphatic hydroxyl groups excluding tert-OH is 1. The molecule has 2 rings (SSSR count). The molecular formula is C17H19BrO3. The van der Waals surface area contributed by atoms with E-state index in [1.807, 2.05) is 42.5 Å². The summed E-state index contributed by atoms with van der Waals surface area (Å²) in [6.45, 7) is 0.585. The molecule has 0 aliphatic rings. The molecule has 3 nitrogen and oxygen atoms in total. The summed E-state index contributed by atoms with van der Waals surface area (Å²) in [6.07, 6.45) is 0.0357. The number of aliphatic hydroxyl groups is 1. The lowest BCUT2D eigenvalue weighted by Crippen LogP contribution is -2.02. The van der Waals surface area contributed by atoms with Gasteiger partial charge in [0.1, 0.15) is 5.75 Å². The fourth-order valence-corrected chi connectivity index (χ4v) is 2.77. The van der Waals surface area contributed by atoms with E-state index in [9.17, 15) is 5.11 Å². The van der Waals surface area contributed by atoms with Gasteiger partial charge in [-0.3, -0.25) is 0 Å². The third kappa shape index (κ3) is 4.30. The van der Waals surface area contributed by atoms with Crippen LogP contribution in [0.4, 0.5) is 0 Å². The highest BCUT2D eigenvalue weighted by atomic mass is 79.9. The van der Waals surface area contributed by atoms with Crippen molar-refractivity contribution in [1.82, 2.24) is 0 Å². The second kappa shape index (κ2) is 7.59. The van der Waals surface area contributed by atoms with Crippen LogP contribution < -0.4 is 4.74 Å². The Balaban J connectivity index is 2.06. The van der Waals surface area contributed by atoms with E-state index in [4.69, 9.17) is 9.47 Å². The van der Waals surface area contributed by atoms with Crippen molar-refractivity contribution in [2.75, 3.05) is 14.2 Å². The number of benzene rings is 2. The molecule has 2 aromatic carbocycles. The van der Waals surface area contributed by atoms with Gasteiger partial charge in [-0.25, -0.2) is 0 Å². The smallest absolute Gasteiger partial charge is 0.133 e. The van der Waals surface area contributed by atoms with Crippen LogP contribution in [0, 0.1) is 0 Å². The Morgan fingerprint density at radius 2 is 1.71 bits per heavy atom. The van der Waals surface area contributed by atoms with Crippen molar-refractivity contribution < 1.29 is 14.6 Å². The molecule has 2 aromatic rings. The molecule has 0 heterocycles. The largest absolute Gasteiger partial charge is 0.496 e. The molecule has 0 fully saturated rings. The molecule has 1 atom stereocenters. The Bertz CT molecular complexity index is 581. The molecule has 0 saturated carbocycles. The van der Waals surface area contributed by atoms with E-state index in [0.717, 1.165) is 26.9 Å². The average Bonchev–Trinajstić information content (AvgIpc) is 2.48. The van der Waals surface area contributed by atoms with Crippen LogP contribution in [-0.2, 0) is 17.8 Å². The van der Waals surface area contributed by atoms with Crippen molar-refractivity contribution in [3.8, 4) is 5.75 Å². The second-order valence-corrected chi connectivity index (χ2v) is 5.72. The Morgan fingerprint density at radius 3 is 2.29 bits per heavy atom. The van der Waals surface area contributed by atoms with Gasteiger partial charge in [0.2, 0.25) is 0 Å². The molecular weight excluding hydrogens is 332 g/mol. The minimum absolute atomic E-state index is 0.526. The summed E-state index contributed by atoms with van der Waals surface area (Å²) in [5, 5.41) is 10.3. The van der Waals surface area contributed by atoms with Crippen molar-refractivity contribution in [1.29, 1.82) is 0 Å². The number of hydrogen-bond acceptors (Lipinski definition) is 3. The SMILES string of the molecule is COCc1ccc(C(O)Cc2ccc(OC)c(Br)c2)cc1. The highest BCUT2D eigenvalue weighted by Crippen LogP contribution is 2.28. The highest BCUT2D eigenvalue weighted by molar-refractivity contribution is 9.10. The second-order valence-electron chi connectivity index (χ2n) is 4.86. The summed E-state index contributed by atoms with van der Waals surface area (Å²) < 4.78 is 11.2. The molecule has 0 amide bonds. The Labute approximate surface area is 133 Å². The predicted octanol–water partition coefficient (Wildman–Crippen LogP) is 3.88. The van der Waals surface area contributed by atoms with Crippen molar-refractivity contribution in [3.63, 3.8) is 0 Å². The van der Waals surface area contributed by atoms with E-state index in [1.165, 1.54) is 0 Å². The van der Waals surface area contributed by atoms with Gasteiger partial charge >= 0.3 is 0 Å². The molecule has 0 spiro atoms. The summed E-state index contributed by atoms with van der Waals surface area (Å²) in [4.78, 5) is 0. The van der Waals surface area contributed by atoms with Crippen LogP contribution in [-0.4, -0.2) is 19.3 Å². The van der Waals surface area contributed by atoms with Gasteiger partial charge in [-0.15, -0.1) is 0 Å². The number of rotatable bonds is 6. The number of ether oxygens (including phenoxy) is 2. The maximum atomic E-state index is 10.3. The summed E-state index contributed by atoms with van der Waals surface area (Å²) in [6, 6.07) is 13.7. The Hall–Kier alpha value is -1.36. The van der Waals surface area contributed by atoms with Crippen LogP contribution in [0.1, 0.15) is 22.8 Å². The number of methoxy groups -OCH3 is 2. The summed E-state index contributed by atoms with van der Waals surface area (Å²) >= 11 is 3.46. The molecule has 0 saturated heterocycles. The maximum Gasteiger partial charge on any atom is 0.133 e. The molecule has 0 aromatic heterocycles. The molecule has 1 N–H and O–H groups in total. The van der Waals surface area contributed by atoms with E-state index in [1.54, 1.807) is 14.2 Å². The first-order valence-corrected chi connectivity index (χ1v) is 7.51. The fraction of sp³-hybridized carbons (Fsp3) is 0.294. The first-order valence-electron chi connectivity index (χ1n) is 6.72. The van der Waals surface area contributed by atoms with Gasteiger partial charge in [-0.2, -0.15) is 0 Å². The molecule has 112 valence electrons. The van der Waals surface area contributed by atoms with Crippen molar-refractivity contribution >= 4 is 15.9 Å². The van der Waals surface area contributed by atoms with Crippen LogP contribution in [0.15, 0.2) is 46.9 Å². The van der Waals surface area contributed by atoms with Crippen LogP contribution in [0.5, 0.6) is 5.75 Å². The zero-order valence-electron chi connectivity index (χ0n) is 12.2. The van der Waals surface area contributed by atoms with Gasteiger partial charge in [0.05, 0.1) is 24.3 Å². The molecule has 1 unspecified atom stereocenters. The van der Waals surface area contributed by atoms with Gasteiger partial charge in [0, 0.05) is 13.5 Å². The lowest BCUT2D eigenvalue weighted by molar-refractivity contribution is 0.177. The van der Waals surface area contributed by atoms with Crippen LogP contribution in [0.3, 0.4) is 0 Å². The van der Waals surface area contributed by atoms with Gasteiger partial charge in [-0.1, -0.05) is 30.3 Å². The topological polar surface area (TPSA) is 38.7 Å². The van der Waals surface area contributed by atoms with E-state index in [0.29, 0.717) is 13.0 Å². The van der Waals surface area contributed by atoms with Gasteiger partial charge in [0.25, 0.3) is 0 Å². The molecule has 0 bridgehead atoms. The lowest BCUT2D eigenvalue weighted by Gasteiger charge is -2.13. The molecule has 0 radical (unpaired) electrons. The van der Waals surface area contributed by atoms with Gasteiger partial charge in [0.15, 0.2) is 0 Å². The summed E-state index contributed by atoms with van der Waals surface area (Å²) in [5.74, 6) is 0.789. The molecule has 0 aliphatic carbocycles. The quantitative estimate of drug-likeness (QED) is 0.859. The third-order valence-electron chi connectivity index (χ3n) is 3.32. The van der Waals surface area contributed by atoms with Crippen molar-refractivity contribution in [2.45, 2.75) is 19.1 Å². The van der Waals surface area contributed by atoms with Crippen molar-refractivity contribution in [2.24, 2.45) is 0 Å². The monoisotopic (exact) mass is 350 g/mol.